The zero-order valence-corrected chi connectivity index (χ0v) is 14.3. The maximum absolute atomic E-state index is 6.02. The summed E-state index contributed by atoms with van der Waals surface area (Å²) in [6, 6.07) is 1.97. The maximum atomic E-state index is 6.02. The van der Waals surface area contributed by atoms with Gasteiger partial charge in [0.25, 0.3) is 0 Å². The Balaban J connectivity index is 1.95. The van der Waals surface area contributed by atoms with Crippen LogP contribution >= 0.6 is 22.9 Å². The minimum absolute atomic E-state index is 0.733. The topological polar surface area (TPSA) is 45.5 Å². The molecule has 2 heterocycles. The molecule has 2 aromatic heterocycles. The summed E-state index contributed by atoms with van der Waals surface area (Å²) in [5, 5.41) is 5.18. The minimum Gasteiger partial charge on any atom is -0.351 e. The summed E-state index contributed by atoms with van der Waals surface area (Å²) in [7, 11) is 5.79. The Hall–Kier alpha value is -1.53. The van der Waals surface area contributed by atoms with Gasteiger partial charge >= 0.3 is 0 Å². The van der Waals surface area contributed by atoms with Crippen LogP contribution in [0.3, 0.4) is 0 Å². The Morgan fingerprint density at radius 2 is 2.33 bits per heavy atom. The molecule has 0 radical (unpaired) electrons. The normalized spacial score (nSPS) is 11.8. The van der Waals surface area contributed by atoms with Gasteiger partial charge in [-0.3, -0.25) is 4.99 Å². The molecular formula is C14H20ClN5S. The summed E-state index contributed by atoms with van der Waals surface area (Å²) < 4.78 is 2.03. The first kappa shape index (κ1) is 15.9. The van der Waals surface area contributed by atoms with Crippen molar-refractivity contribution in [1.82, 2.24) is 19.8 Å². The molecule has 0 saturated heterocycles. The highest BCUT2D eigenvalue weighted by Crippen LogP contribution is 2.14. The fourth-order valence-electron chi connectivity index (χ4n) is 2.08. The van der Waals surface area contributed by atoms with Crippen molar-refractivity contribution in [1.29, 1.82) is 0 Å². The molecule has 7 heteroatoms. The monoisotopic (exact) mass is 325 g/mol. The Bertz CT molecular complexity index is 631. The van der Waals surface area contributed by atoms with E-state index in [9.17, 15) is 0 Å². The number of nitrogens with one attached hydrogen (secondary N) is 1. The van der Waals surface area contributed by atoms with Crippen LogP contribution in [0.15, 0.2) is 23.5 Å². The number of aromatic nitrogens is 2. The van der Waals surface area contributed by atoms with E-state index in [1.807, 2.05) is 44.0 Å². The number of guanidine groups is 1. The molecule has 1 N–H and O–H groups in total. The summed E-state index contributed by atoms with van der Waals surface area (Å²) in [4.78, 5) is 11.8. The lowest BCUT2D eigenvalue weighted by Crippen LogP contribution is -2.38. The van der Waals surface area contributed by atoms with E-state index in [1.54, 1.807) is 18.4 Å². The van der Waals surface area contributed by atoms with Crippen LogP contribution < -0.4 is 5.32 Å². The van der Waals surface area contributed by atoms with Crippen molar-refractivity contribution >= 4 is 28.9 Å². The van der Waals surface area contributed by atoms with Gasteiger partial charge in [0, 0.05) is 44.1 Å². The van der Waals surface area contributed by atoms with E-state index < -0.39 is 0 Å². The summed E-state index contributed by atoms with van der Waals surface area (Å²) >= 11 is 7.71. The standard InChI is InChI=1S/C14H20ClN5S/c1-10-17-6-13(21-10)7-18-14(16-2)20(4)9-12-5-11(15)8-19(12)3/h5-6,8H,7,9H2,1-4H3,(H,16,18). The van der Waals surface area contributed by atoms with Gasteiger partial charge in [-0.15, -0.1) is 11.3 Å². The van der Waals surface area contributed by atoms with Crippen LogP contribution in [0.5, 0.6) is 0 Å². The molecule has 0 aliphatic heterocycles. The van der Waals surface area contributed by atoms with Crippen molar-refractivity contribution in [2.24, 2.45) is 12.0 Å². The molecule has 2 aromatic rings. The van der Waals surface area contributed by atoms with Crippen LogP contribution in [0.25, 0.3) is 0 Å². The lowest BCUT2D eigenvalue weighted by Gasteiger charge is -2.22. The van der Waals surface area contributed by atoms with Gasteiger partial charge in [0.05, 0.1) is 23.1 Å². The molecule has 0 atom stereocenters. The maximum Gasteiger partial charge on any atom is 0.194 e. The third-order valence-corrected chi connectivity index (χ3v) is 4.26. The average molecular weight is 326 g/mol. The van der Waals surface area contributed by atoms with E-state index in [4.69, 9.17) is 11.6 Å². The molecular weight excluding hydrogens is 306 g/mol. The first-order chi connectivity index (χ1) is 9.99. The zero-order valence-electron chi connectivity index (χ0n) is 12.7. The lowest BCUT2D eigenvalue weighted by molar-refractivity contribution is 0.462. The first-order valence-electron chi connectivity index (χ1n) is 6.63. The molecule has 0 bridgehead atoms. The van der Waals surface area contributed by atoms with Crippen molar-refractivity contribution in [2.45, 2.75) is 20.0 Å². The van der Waals surface area contributed by atoms with Crippen LogP contribution in [0.1, 0.15) is 15.6 Å². The van der Waals surface area contributed by atoms with E-state index in [1.165, 1.54) is 4.88 Å². The van der Waals surface area contributed by atoms with Gasteiger partial charge in [-0.1, -0.05) is 11.6 Å². The molecule has 2 rings (SSSR count). The van der Waals surface area contributed by atoms with Crippen LogP contribution in [-0.2, 0) is 20.1 Å². The van der Waals surface area contributed by atoms with Crippen molar-refractivity contribution in [2.75, 3.05) is 14.1 Å². The van der Waals surface area contributed by atoms with E-state index in [-0.39, 0.29) is 0 Å². The van der Waals surface area contributed by atoms with Gasteiger partial charge in [-0.25, -0.2) is 4.98 Å². The highest BCUT2D eigenvalue weighted by molar-refractivity contribution is 7.11. The van der Waals surface area contributed by atoms with Crippen molar-refractivity contribution < 1.29 is 0 Å². The second-order valence-corrected chi connectivity index (χ2v) is 6.62. The number of hydrogen-bond donors (Lipinski definition) is 1. The largest absolute Gasteiger partial charge is 0.351 e. The molecule has 0 unspecified atom stereocenters. The van der Waals surface area contributed by atoms with Crippen molar-refractivity contribution in [3.63, 3.8) is 0 Å². The number of rotatable bonds is 4. The van der Waals surface area contributed by atoms with Gasteiger partial charge in [-0.2, -0.15) is 0 Å². The van der Waals surface area contributed by atoms with Gasteiger partial charge < -0.3 is 14.8 Å². The van der Waals surface area contributed by atoms with Crippen LogP contribution in [0, 0.1) is 6.92 Å². The summed E-state index contributed by atoms with van der Waals surface area (Å²) in [5.74, 6) is 0.846. The smallest absolute Gasteiger partial charge is 0.194 e. The number of hydrogen-bond acceptors (Lipinski definition) is 3. The molecule has 0 fully saturated rings. The fraction of sp³-hybridized carbons (Fsp3) is 0.429. The molecule has 0 aliphatic rings. The van der Waals surface area contributed by atoms with Gasteiger partial charge in [0.2, 0.25) is 0 Å². The molecule has 114 valence electrons. The average Bonchev–Trinajstić information content (AvgIpc) is 2.96. The van der Waals surface area contributed by atoms with Crippen LogP contribution in [0.4, 0.5) is 0 Å². The van der Waals surface area contributed by atoms with E-state index in [0.717, 1.165) is 34.8 Å². The summed E-state index contributed by atoms with van der Waals surface area (Å²) in [6.45, 7) is 3.48. The fourth-order valence-corrected chi connectivity index (χ4v) is 3.09. The number of nitrogens with zero attached hydrogens (tertiary/aromatic N) is 4. The van der Waals surface area contributed by atoms with Gasteiger partial charge in [0.1, 0.15) is 0 Å². The molecule has 0 saturated carbocycles. The first-order valence-corrected chi connectivity index (χ1v) is 7.83. The number of thiazole rings is 1. The number of halogens is 1. The summed E-state index contributed by atoms with van der Waals surface area (Å²) in [6.07, 6.45) is 3.80. The summed E-state index contributed by atoms with van der Waals surface area (Å²) in [5.41, 5.74) is 1.14. The Morgan fingerprint density at radius 1 is 1.57 bits per heavy atom. The van der Waals surface area contributed by atoms with Crippen molar-refractivity contribution in [3.8, 4) is 0 Å². The van der Waals surface area contributed by atoms with E-state index in [0.29, 0.717) is 0 Å². The zero-order chi connectivity index (χ0) is 15.4. The third kappa shape index (κ3) is 4.22. The molecule has 21 heavy (non-hydrogen) atoms. The van der Waals surface area contributed by atoms with Gasteiger partial charge in [0.15, 0.2) is 5.96 Å². The Kier molecular flexibility index (Phi) is 5.25. The number of aryl methyl sites for hydroxylation is 2. The highest BCUT2D eigenvalue weighted by Gasteiger charge is 2.10. The van der Waals surface area contributed by atoms with Crippen LogP contribution in [-0.4, -0.2) is 34.5 Å². The third-order valence-electron chi connectivity index (χ3n) is 3.14. The van der Waals surface area contributed by atoms with Gasteiger partial charge in [-0.05, 0) is 13.0 Å². The molecule has 0 aromatic carbocycles. The SMILES string of the molecule is CN=C(NCc1cnc(C)s1)N(C)Cc1cc(Cl)cn1C. The molecule has 0 aliphatic carbocycles. The van der Waals surface area contributed by atoms with Crippen molar-refractivity contribution in [3.05, 3.63) is 39.1 Å². The minimum atomic E-state index is 0.733. The molecule has 5 nitrogen and oxygen atoms in total. The second kappa shape index (κ2) is 6.95. The molecule has 0 spiro atoms. The second-order valence-electron chi connectivity index (χ2n) is 4.86. The number of aliphatic imine (C=N–C) groups is 1. The van der Waals surface area contributed by atoms with E-state index in [2.05, 4.69) is 20.2 Å². The molecule has 0 amide bonds. The lowest BCUT2D eigenvalue weighted by atomic mass is 10.4. The van der Waals surface area contributed by atoms with E-state index >= 15 is 0 Å². The predicted octanol–water partition coefficient (Wildman–Crippen LogP) is 2.65. The predicted molar refractivity (Wildman–Crippen MR) is 88.9 cm³/mol. The van der Waals surface area contributed by atoms with Crippen LogP contribution in [0.2, 0.25) is 5.02 Å². The Labute approximate surface area is 134 Å². The quantitative estimate of drug-likeness (QED) is 0.694. The highest BCUT2D eigenvalue weighted by atomic mass is 35.5. The Morgan fingerprint density at radius 3 is 2.86 bits per heavy atom.